The molecule has 3 saturated heterocycles. The van der Waals surface area contributed by atoms with Crippen LogP contribution in [0.5, 0.6) is 0 Å². The molecule has 2 bridgehead atoms. The number of rotatable bonds is 11. The maximum atomic E-state index is 14.7. The quantitative estimate of drug-likeness (QED) is 0.222. The molecule has 3 fully saturated rings. The molecule has 2 amide bonds. The van der Waals surface area contributed by atoms with Gasteiger partial charge in [0.1, 0.15) is 18.2 Å². The summed E-state index contributed by atoms with van der Waals surface area (Å²) in [5, 5.41) is 10.4. The highest BCUT2D eigenvalue weighted by Crippen LogP contribution is 2.61. The van der Waals surface area contributed by atoms with E-state index in [0.717, 1.165) is 0 Å². The van der Waals surface area contributed by atoms with Gasteiger partial charge in [0.05, 0.1) is 30.6 Å². The van der Waals surface area contributed by atoms with Gasteiger partial charge in [-0.25, -0.2) is 0 Å². The lowest BCUT2D eigenvalue weighted by atomic mass is 9.70. The van der Waals surface area contributed by atoms with Crippen LogP contribution in [0.25, 0.3) is 0 Å². The lowest BCUT2D eigenvalue weighted by Gasteiger charge is -2.47. The third-order valence-electron chi connectivity index (χ3n) is 8.16. The number of hydrogen-bond donors (Lipinski definition) is 1. The van der Waals surface area contributed by atoms with Crippen molar-refractivity contribution in [3.05, 3.63) is 25.3 Å². The number of likely N-dealkylation sites (tertiary alicyclic amines) is 1. The summed E-state index contributed by atoms with van der Waals surface area (Å²) in [4.78, 5) is 45.3. The number of fused-ring (bicyclic) bond motifs is 1. The maximum absolute atomic E-state index is 14.7. The fourth-order valence-corrected chi connectivity index (χ4v) is 8.08. The number of aliphatic hydroxyl groups is 1. The van der Waals surface area contributed by atoms with Crippen LogP contribution in [0.3, 0.4) is 0 Å². The van der Waals surface area contributed by atoms with Gasteiger partial charge in [0.2, 0.25) is 11.8 Å². The molecule has 38 heavy (non-hydrogen) atoms. The van der Waals surface area contributed by atoms with Crippen molar-refractivity contribution in [1.82, 2.24) is 9.80 Å². The summed E-state index contributed by atoms with van der Waals surface area (Å²) in [6, 6.07) is -1.62. The van der Waals surface area contributed by atoms with Crippen molar-refractivity contribution in [2.24, 2.45) is 23.2 Å². The molecule has 0 aromatic heterocycles. The van der Waals surface area contributed by atoms with E-state index in [0.29, 0.717) is 19.4 Å². The summed E-state index contributed by atoms with van der Waals surface area (Å²) in [6.07, 6.45) is 3.68. The minimum atomic E-state index is -1.22. The number of carbonyl (C=O) groups excluding carboxylic acids is 3. The van der Waals surface area contributed by atoms with Crippen molar-refractivity contribution in [2.75, 3.05) is 19.8 Å². The first kappa shape index (κ1) is 30.8. The monoisotopic (exact) mass is 596 g/mol. The normalized spacial score (nSPS) is 31.4. The lowest BCUT2D eigenvalue weighted by Crippen LogP contribution is -2.63. The average molecular weight is 598 g/mol. The molecule has 3 aliphatic rings. The molecule has 3 unspecified atom stereocenters. The van der Waals surface area contributed by atoms with Gasteiger partial charge in [-0.1, -0.05) is 69.3 Å². The summed E-state index contributed by atoms with van der Waals surface area (Å²) < 4.78 is 12.0. The molecule has 9 heteroatoms. The highest BCUT2D eigenvalue weighted by Gasteiger charge is 2.77. The van der Waals surface area contributed by atoms with E-state index < -0.39 is 47.1 Å². The largest absolute Gasteiger partial charge is 0.461 e. The fourth-order valence-electron chi connectivity index (χ4n) is 7.14. The summed E-state index contributed by atoms with van der Waals surface area (Å²) in [7, 11) is 0. The zero-order valence-electron chi connectivity index (χ0n) is 23.9. The van der Waals surface area contributed by atoms with Crippen LogP contribution in [-0.4, -0.2) is 86.6 Å². The van der Waals surface area contributed by atoms with Gasteiger partial charge < -0.3 is 24.4 Å². The molecule has 3 heterocycles. The van der Waals surface area contributed by atoms with E-state index in [-0.39, 0.29) is 41.2 Å². The number of amides is 2. The Bertz CT molecular complexity index is 959. The van der Waals surface area contributed by atoms with Crippen molar-refractivity contribution < 1.29 is 29.0 Å². The number of ether oxygens (including phenoxy) is 2. The van der Waals surface area contributed by atoms with Crippen LogP contribution in [0.1, 0.15) is 61.3 Å². The molecule has 7 atom stereocenters. The van der Waals surface area contributed by atoms with Gasteiger partial charge in [0, 0.05) is 16.9 Å². The maximum Gasteiger partial charge on any atom is 0.312 e. The zero-order chi connectivity index (χ0) is 28.8. The standard InChI is InChI=1S/C29H45BrN2O6/c1-10-12-31(28(8,9)16-27(5,6)7)25(35)23-29-14-18(30)22(38-29)20(26(36)37-13-11-2)21(29)24(34)32(23)19(15-33)17(3)4/h10-11,17-23,33H,1-2,12-16H2,3-9H3/t18?,19-,20-,21-,22-,23?,29?/m0/s1. The summed E-state index contributed by atoms with van der Waals surface area (Å²) in [6.45, 7) is 21.8. The molecule has 0 aromatic carbocycles. The first-order valence-corrected chi connectivity index (χ1v) is 14.4. The first-order chi connectivity index (χ1) is 17.6. The number of esters is 1. The third kappa shape index (κ3) is 5.22. The summed E-state index contributed by atoms with van der Waals surface area (Å²) in [5.74, 6) is -3.00. The van der Waals surface area contributed by atoms with Crippen molar-refractivity contribution in [2.45, 2.75) is 95.5 Å². The van der Waals surface area contributed by atoms with Crippen LogP contribution in [-0.2, 0) is 23.9 Å². The van der Waals surface area contributed by atoms with Crippen LogP contribution < -0.4 is 0 Å². The van der Waals surface area contributed by atoms with E-state index in [1.807, 2.05) is 27.7 Å². The van der Waals surface area contributed by atoms with Crippen molar-refractivity contribution in [1.29, 1.82) is 0 Å². The molecule has 0 radical (unpaired) electrons. The predicted molar refractivity (Wildman–Crippen MR) is 149 cm³/mol. The lowest BCUT2D eigenvalue weighted by molar-refractivity contribution is -0.158. The molecular formula is C29H45BrN2O6. The molecule has 3 aliphatic heterocycles. The Morgan fingerprint density at radius 3 is 2.39 bits per heavy atom. The number of carbonyl (C=O) groups is 3. The second kappa shape index (κ2) is 11.0. The molecule has 8 nitrogen and oxygen atoms in total. The van der Waals surface area contributed by atoms with Crippen LogP contribution in [0.2, 0.25) is 0 Å². The van der Waals surface area contributed by atoms with Crippen LogP contribution >= 0.6 is 15.9 Å². The molecular weight excluding hydrogens is 552 g/mol. The number of nitrogens with zero attached hydrogens (tertiary/aromatic N) is 2. The van der Waals surface area contributed by atoms with Crippen molar-refractivity contribution >= 4 is 33.7 Å². The van der Waals surface area contributed by atoms with E-state index in [1.54, 1.807) is 11.0 Å². The Labute approximate surface area is 235 Å². The number of hydrogen-bond acceptors (Lipinski definition) is 6. The molecule has 1 N–H and O–H groups in total. The minimum Gasteiger partial charge on any atom is -0.461 e. The van der Waals surface area contributed by atoms with E-state index in [4.69, 9.17) is 9.47 Å². The Hall–Kier alpha value is -1.71. The Balaban J connectivity index is 2.17. The van der Waals surface area contributed by atoms with E-state index in [2.05, 4.69) is 49.9 Å². The summed E-state index contributed by atoms with van der Waals surface area (Å²) in [5.41, 5.74) is -1.85. The predicted octanol–water partition coefficient (Wildman–Crippen LogP) is 3.71. The highest BCUT2D eigenvalue weighted by molar-refractivity contribution is 9.09. The topological polar surface area (TPSA) is 96.4 Å². The highest BCUT2D eigenvalue weighted by atomic mass is 79.9. The minimum absolute atomic E-state index is 0.0222. The van der Waals surface area contributed by atoms with E-state index in [9.17, 15) is 19.5 Å². The number of aliphatic hydroxyl groups excluding tert-OH is 1. The second-order valence-corrected chi connectivity index (χ2v) is 14.3. The number of halogens is 1. The van der Waals surface area contributed by atoms with Gasteiger partial charge in [0.25, 0.3) is 0 Å². The molecule has 3 rings (SSSR count). The molecule has 214 valence electrons. The molecule has 0 aliphatic carbocycles. The van der Waals surface area contributed by atoms with Gasteiger partial charge in [-0.05, 0) is 38.0 Å². The van der Waals surface area contributed by atoms with Gasteiger partial charge in [-0.3, -0.25) is 14.4 Å². The van der Waals surface area contributed by atoms with Crippen LogP contribution in [0.15, 0.2) is 25.3 Å². The summed E-state index contributed by atoms with van der Waals surface area (Å²) >= 11 is 3.68. The Morgan fingerprint density at radius 2 is 1.89 bits per heavy atom. The molecule has 0 saturated carbocycles. The second-order valence-electron chi connectivity index (χ2n) is 13.1. The van der Waals surface area contributed by atoms with E-state index >= 15 is 0 Å². The van der Waals surface area contributed by atoms with Gasteiger partial charge >= 0.3 is 5.97 Å². The fraction of sp³-hybridized carbons (Fsp3) is 0.759. The van der Waals surface area contributed by atoms with Crippen LogP contribution in [0.4, 0.5) is 0 Å². The third-order valence-corrected chi connectivity index (χ3v) is 9.01. The van der Waals surface area contributed by atoms with Crippen molar-refractivity contribution in [3.8, 4) is 0 Å². The first-order valence-electron chi connectivity index (χ1n) is 13.5. The molecule has 1 spiro atoms. The Kier molecular flexibility index (Phi) is 8.96. The van der Waals surface area contributed by atoms with Crippen LogP contribution in [0, 0.1) is 23.2 Å². The van der Waals surface area contributed by atoms with Gasteiger partial charge in [-0.15, -0.1) is 6.58 Å². The average Bonchev–Trinajstić information content (AvgIpc) is 3.38. The smallest absolute Gasteiger partial charge is 0.312 e. The van der Waals surface area contributed by atoms with Crippen molar-refractivity contribution in [3.63, 3.8) is 0 Å². The Morgan fingerprint density at radius 1 is 1.26 bits per heavy atom. The number of alkyl halides is 1. The van der Waals surface area contributed by atoms with E-state index in [1.165, 1.54) is 11.0 Å². The van der Waals surface area contributed by atoms with Gasteiger partial charge in [0.15, 0.2) is 0 Å². The SMILES string of the molecule is C=CCOC(=O)[C@H]1[C@H]2C(=O)N([C@@H](CO)C(C)C)C(C(=O)N(CC=C)C(C)(C)CC(C)(C)C)C23CC(Br)[C@@H]1O3. The molecule has 0 aromatic rings. The zero-order valence-corrected chi connectivity index (χ0v) is 25.5. The van der Waals surface area contributed by atoms with Gasteiger partial charge in [-0.2, -0.15) is 0 Å².